The minimum absolute atomic E-state index is 0.0480. The van der Waals surface area contributed by atoms with Gasteiger partial charge in [0.15, 0.2) is 0 Å². The van der Waals surface area contributed by atoms with E-state index in [2.05, 4.69) is 45.0 Å². The molecule has 0 aliphatic carbocycles. The predicted octanol–water partition coefficient (Wildman–Crippen LogP) is 7.00. The van der Waals surface area contributed by atoms with Gasteiger partial charge in [0.05, 0.1) is 6.16 Å². The summed E-state index contributed by atoms with van der Waals surface area (Å²) in [6, 6.07) is 8.57. The van der Waals surface area contributed by atoms with Gasteiger partial charge >= 0.3 is 7.60 Å². The molecule has 1 rings (SSSR count). The van der Waals surface area contributed by atoms with Gasteiger partial charge in [-0.2, -0.15) is 0 Å². The molecule has 0 fully saturated rings. The fourth-order valence-electron chi connectivity index (χ4n) is 4.03. The minimum atomic E-state index is -4.05. The quantitative estimate of drug-likeness (QED) is 0.248. The molecule has 0 heterocycles. The molecule has 0 aliphatic heterocycles. The number of benzene rings is 1. The van der Waals surface area contributed by atoms with Gasteiger partial charge < -0.3 is 9.79 Å². The van der Waals surface area contributed by atoms with Crippen LogP contribution >= 0.6 is 7.60 Å². The third kappa shape index (κ3) is 9.41. The molecule has 0 aromatic heterocycles. The summed E-state index contributed by atoms with van der Waals surface area (Å²) in [5, 5.41) is 0. The fourth-order valence-corrected chi connectivity index (χ4v) is 5.38. The maximum atomic E-state index is 11.8. The van der Waals surface area contributed by atoms with Crippen LogP contribution in [0.3, 0.4) is 0 Å². The molecule has 0 radical (unpaired) electrons. The van der Waals surface area contributed by atoms with Gasteiger partial charge in [0.1, 0.15) is 0 Å². The van der Waals surface area contributed by atoms with Crippen molar-refractivity contribution in [3.63, 3.8) is 0 Å². The highest BCUT2D eigenvalue weighted by Gasteiger charge is 2.36. The second kappa shape index (κ2) is 12.8. The van der Waals surface area contributed by atoms with Gasteiger partial charge in [-0.3, -0.25) is 4.57 Å². The zero-order chi connectivity index (χ0) is 20.2. The lowest BCUT2D eigenvalue weighted by molar-refractivity contribution is 0.332. The molecule has 27 heavy (non-hydrogen) atoms. The molecule has 0 saturated carbocycles. The van der Waals surface area contributed by atoms with Crippen LogP contribution in [0, 0.1) is 0 Å². The number of rotatable bonds is 15. The van der Waals surface area contributed by atoms with E-state index in [1.807, 2.05) is 0 Å². The van der Waals surface area contributed by atoms with Crippen LogP contribution in [0.4, 0.5) is 0 Å². The maximum absolute atomic E-state index is 11.8. The Balaban J connectivity index is 2.67. The first-order valence-electron chi connectivity index (χ1n) is 11.0. The highest BCUT2D eigenvalue weighted by atomic mass is 31.2. The standard InChI is InChI=1S/C23H41O3P/c1-4-7-9-10-11-12-13-14-21-15-17-22(18-16-21)23(6-3,19-8-5-2)20-27(24,25)26/h15-18H,4-14,19-20H2,1-3H3,(H2,24,25,26). The van der Waals surface area contributed by atoms with Crippen LogP contribution < -0.4 is 0 Å². The van der Waals surface area contributed by atoms with Gasteiger partial charge in [0, 0.05) is 5.41 Å². The van der Waals surface area contributed by atoms with Crippen LogP contribution in [0.25, 0.3) is 0 Å². The van der Waals surface area contributed by atoms with Crippen molar-refractivity contribution in [3.05, 3.63) is 35.4 Å². The van der Waals surface area contributed by atoms with E-state index in [4.69, 9.17) is 0 Å². The summed E-state index contributed by atoms with van der Waals surface area (Å²) < 4.78 is 11.8. The first-order valence-corrected chi connectivity index (χ1v) is 12.8. The predicted molar refractivity (Wildman–Crippen MR) is 117 cm³/mol. The molecule has 1 aromatic carbocycles. The lowest BCUT2D eigenvalue weighted by Gasteiger charge is -2.34. The summed E-state index contributed by atoms with van der Waals surface area (Å²) in [5.41, 5.74) is 2.02. The Morgan fingerprint density at radius 2 is 1.37 bits per heavy atom. The van der Waals surface area contributed by atoms with Crippen molar-refractivity contribution in [2.24, 2.45) is 0 Å². The molecule has 0 spiro atoms. The molecule has 1 unspecified atom stereocenters. The Bertz CT molecular complexity index is 549. The second-order valence-electron chi connectivity index (χ2n) is 8.13. The van der Waals surface area contributed by atoms with E-state index >= 15 is 0 Å². The summed E-state index contributed by atoms with van der Waals surface area (Å²) in [6.45, 7) is 6.43. The van der Waals surface area contributed by atoms with Crippen LogP contribution in [0.5, 0.6) is 0 Å². The molecule has 1 atom stereocenters. The summed E-state index contributed by atoms with van der Waals surface area (Å²) >= 11 is 0. The van der Waals surface area contributed by atoms with Gasteiger partial charge in [-0.15, -0.1) is 0 Å². The average molecular weight is 397 g/mol. The van der Waals surface area contributed by atoms with E-state index < -0.39 is 13.0 Å². The molecule has 0 bridgehead atoms. The van der Waals surface area contributed by atoms with Gasteiger partial charge in [0.2, 0.25) is 0 Å². The minimum Gasteiger partial charge on any atom is -0.324 e. The molecular weight excluding hydrogens is 355 g/mol. The largest absolute Gasteiger partial charge is 0.326 e. The third-order valence-electron chi connectivity index (χ3n) is 5.83. The Labute approximate surface area is 167 Å². The van der Waals surface area contributed by atoms with Gasteiger partial charge in [0.25, 0.3) is 0 Å². The average Bonchev–Trinajstić information content (AvgIpc) is 2.64. The van der Waals surface area contributed by atoms with Gasteiger partial charge in [-0.1, -0.05) is 96.4 Å². The fraction of sp³-hybridized carbons (Fsp3) is 0.739. The number of aryl methyl sites for hydroxylation is 1. The normalized spacial score (nSPS) is 14.3. The van der Waals surface area contributed by atoms with Crippen LogP contribution in [0.15, 0.2) is 24.3 Å². The molecule has 3 nitrogen and oxygen atoms in total. The monoisotopic (exact) mass is 396 g/mol. The van der Waals surface area contributed by atoms with E-state index in [0.717, 1.165) is 37.7 Å². The summed E-state index contributed by atoms with van der Waals surface area (Å²) in [6.07, 6.45) is 13.9. The first kappa shape index (κ1) is 24.4. The summed E-state index contributed by atoms with van der Waals surface area (Å²) in [5.74, 6) is 0. The lowest BCUT2D eigenvalue weighted by atomic mass is 9.75. The van der Waals surface area contributed by atoms with Crippen molar-refractivity contribution in [2.75, 3.05) is 6.16 Å². The van der Waals surface area contributed by atoms with Crippen molar-refractivity contribution in [2.45, 2.75) is 103 Å². The van der Waals surface area contributed by atoms with E-state index in [1.165, 1.54) is 50.5 Å². The smallest absolute Gasteiger partial charge is 0.324 e. The van der Waals surface area contributed by atoms with Crippen molar-refractivity contribution in [1.29, 1.82) is 0 Å². The summed E-state index contributed by atoms with van der Waals surface area (Å²) in [7, 11) is -4.05. The van der Waals surface area contributed by atoms with Gasteiger partial charge in [-0.25, -0.2) is 0 Å². The number of hydrogen-bond acceptors (Lipinski definition) is 1. The van der Waals surface area contributed by atoms with E-state index in [-0.39, 0.29) is 6.16 Å². The second-order valence-corrected chi connectivity index (χ2v) is 9.77. The Hall–Kier alpha value is -0.630. The molecule has 1 aromatic rings. The number of unbranched alkanes of at least 4 members (excludes halogenated alkanes) is 7. The molecular formula is C23H41O3P. The Kier molecular flexibility index (Phi) is 11.5. The van der Waals surface area contributed by atoms with Crippen LogP contribution in [0.1, 0.15) is 103 Å². The van der Waals surface area contributed by atoms with Crippen molar-refractivity contribution in [1.82, 2.24) is 0 Å². The number of hydrogen-bond donors (Lipinski definition) is 2. The van der Waals surface area contributed by atoms with E-state index in [9.17, 15) is 14.4 Å². The summed E-state index contributed by atoms with van der Waals surface area (Å²) in [4.78, 5) is 19.3. The Morgan fingerprint density at radius 3 is 1.89 bits per heavy atom. The van der Waals surface area contributed by atoms with Crippen LogP contribution in [-0.4, -0.2) is 15.9 Å². The van der Waals surface area contributed by atoms with Crippen molar-refractivity contribution in [3.8, 4) is 0 Å². The van der Waals surface area contributed by atoms with Crippen molar-refractivity contribution >= 4 is 7.60 Å². The van der Waals surface area contributed by atoms with Crippen LogP contribution in [0.2, 0.25) is 0 Å². The molecule has 0 saturated heterocycles. The zero-order valence-corrected chi connectivity index (χ0v) is 18.6. The van der Waals surface area contributed by atoms with Crippen LogP contribution in [-0.2, 0) is 16.4 Å². The third-order valence-corrected chi connectivity index (χ3v) is 6.85. The molecule has 156 valence electrons. The van der Waals surface area contributed by atoms with E-state index in [1.54, 1.807) is 0 Å². The van der Waals surface area contributed by atoms with Gasteiger partial charge in [-0.05, 0) is 36.8 Å². The van der Waals surface area contributed by atoms with E-state index in [0.29, 0.717) is 0 Å². The molecule has 0 amide bonds. The molecule has 0 aliphatic rings. The topological polar surface area (TPSA) is 57.5 Å². The molecule has 2 N–H and O–H groups in total. The Morgan fingerprint density at radius 1 is 0.815 bits per heavy atom. The molecule has 4 heteroatoms. The highest BCUT2D eigenvalue weighted by Crippen LogP contribution is 2.47. The SMILES string of the molecule is CCCCCCCCCc1ccc(C(CC)(CCCC)CP(=O)(O)O)cc1. The lowest BCUT2D eigenvalue weighted by Crippen LogP contribution is -2.30. The first-order chi connectivity index (χ1) is 12.9. The maximum Gasteiger partial charge on any atom is 0.326 e. The van der Waals surface area contributed by atoms with Crippen molar-refractivity contribution < 1.29 is 14.4 Å². The highest BCUT2D eigenvalue weighted by molar-refractivity contribution is 7.51. The zero-order valence-electron chi connectivity index (χ0n) is 17.8.